The van der Waals surface area contributed by atoms with E-state index < -0.39 is 0 Å². The molecule has 3 nitrogen and oxygen atoms in total. The predicted molar refractivity (Wildman–Crippen MR) is 119 cm³/mol. The van der Waals surface area contributed by atoms with E-state index in [0.717, 1.165) is 46.7 Å². The molecule has 0 atom stereocenters. The Balaban J connectivity index is 1.28. The molecule has 1 aliphatic carbocycles. The third-order valence-corrected chi connectivity index (χ3v) is 5.89. The smallest absolute Gasteiger partial charge is 0.228 e. The topological polar surface area (TPSA) is 38.3 Å². The van der Waals surface area contributed by atoms with E-state index in [2.05, 4.69) is 23.5 Å². The molecule has 0 spiro atoms. The van der Waals surface area contributed by atoms with Gasteiger partial charge in [-0.05, 0) is 52.9 Å². The van der Waals surface area contributed by atoms with Crippen LogP contribution >= 0.6 is 0 Å². The highest BCUT2D eigenvalue weighted by Crippen LogP contribution is 2.26. The van der Waals surface area contributed by atoms with Gasteiger partial charge >= 0.3 is 0 Å². The number of benzene rings is 3. The number of rotatable bonds is 7. The highest BCUT2D eigenvalue weighted by Gasteiger charge is 2.13. The molecule has 0 radical (unpaired) electrons. The predicted octanol–water partition coefficient (Wildman–Crippen LogP) is 6.37. The van der Waals surface area contributed by atoms with Crippen molar-refractivity contribution in [2.75, 3.05) is 11.9 Å². The van der Waals surface area contributed by atoms with E-state index in [1.165, 1.54) is 32.1 Å². The lowest BCUT2D eigenvalue weighted by Crippen LogP contribution is -2.14. The number of hydrogen-bond acceptors (Lipinski definition) is 2. The number of amides is 1. The van der Waals surface area contributed by atoms with Gasteiger partial charge in [0.25, 0.3) is 0 Å². The van der Waals surface area contributed by atoms with Crippen molar-refractivity contribution in [2.24, 2.45) is 5.92 Å². The Bertz CT molecular complexity index is 937. The molecule has 150 valence electrons. The molecule has 4 rings (SSSR count). The summed E-state index contributed by atoms with van der Waals surface area (Å²) >= 11 is 0. The summed E-state index contributed by atoms with van der Waals surface area (Å²) in [6.45, 7) is 0.775. The van der Waals surface area contributed by atoms with Crippen LogP contribution in [-0.2, 0) is 11.2 Å². The number of carbonyl (C=O) groups is 1. The van der Waals surface area contributed by atoms with Crippen molar-refractivity contribution in [2.45, 2.75) is 44.9 Å². The van der Waals surface area contributed by atoms with Crippen molar-refractivity contribution in [3.8, 4) is 5.75 Å². The third kappa shape index (κ3) is 5.38. The molecule has 0 aliphatic heterocycles. The van der Waals surface area contributed by atoms with Crippen molar-refractivity contribution in [3.05, 3.63) is 72.3 Å². The van der Waals surface area contributed by atoms with E-state index in [4.69, 9.17) is 4.74 Å². The summed E-state index contributed by atoms with van der Waals surface area (Å²) in [5, 5.41) is 5.29. The molecule has 3 heteroatoms. The first-order valence-corrected chi connectivity index (χ1v) is 10.8. The number of hydrogen-bond donors (Lipinski definition) is 1. The van der Waals surface area contributed by atoms with Crippen LogP contribution < -0.4 is 10.1 Å². The molecule has 0 bridgehead atoms. The summed E-state index contributed by atoms with van der Waals surface area (Å²) in [6.07, 6.45) is 8.35. The lowest BCUT2D eigenvalue weighted by Gasteiger charge is -2.21. The zero-order valence-corrected chi connectivity index (χ0v) is 16.9. The Morgan fingerprint density at radius 1 is 0.897 bits per heavy atom. The van der Waals surface area contributed by atoms with Crippen molar-refractivity contribution in [1.29, 1.82) is 0 Å². The van der Waals surface area contributed by atoms with E-state index in [0.29, 0.717) is 6.42 Å². The highest BCUT2D eigenvalue weighted by molar-refractivity contribution is 5.96. The molecule has 0 heterocycles. The quantitative estimate of drug-likeness (QED) is 0.511. The van der Waals surface area contributed by atoms with Crippen LogP contribution in [0.2, 0.25) is 0 Å². The fraction of sp³-hybridized carbons (Fsp3) is 0.346. The number of fused-ring (bicyclic) bond motifs is 1. The average molecular weight is 388 g/mol. The van der Waals surface area contributed by atoms with E-state index in [1.807, 2.05) is 48.5 Å². The normalized spacial score (nSPS) is 14.6. The van der Waals surface area contributed by atoms with E-state index in [9.17, 15) is 4.79 Å². The minimum absolute atomic E-state index is 0.00711. The Labute approximate surface area is 173 Å². The van der Waals surface area contributed by atoms with Crippen LogP contribution in [0, 0.1) is 5.92 Å². The maximum absolute atomic E-state index is 12.5. The second kappa shape index (κ2) is 9.60. The molecule has 1 saturated carbocycles. The van der Waals surface area contributed by atoms with Crippen LogP contribution in [0.15, 0.2) is 66.7 Å². The molecule has 3 aromatic carbocycles. The van der Waals surface area contributed by atoms with Gasteiger partial charge in [-0.3, -0.25) is 4.79 Å². The second-order valence-electron chi connectivity index (χ2n) is 8.03. The van der Waals surface area contributed by atoms with Gasteiger partial charge in [0.1, 0.15) is 5.75 Å². The van der Waals surface area contributed by atoms with Gasteiger partial charge in [0.2, 0.25) is 5.91 Å². The minimum Gasteiger partial charge on any atom is -0.494 e. The Hall–Kier alpha value is -2.81. The Kier molecular flexibility index (Phi) is 6.45. The van der Waals surface area contributed by atoms with Gasteiger partial charge in [-0.15, -0.1) is 0 Å². The maximum Gasteiger partial charge on any atom is 0.228 e. The van der Waals surface area contributed by atoms with Crippen molar-refractivity contribution in [1.82, 2.24) is 0 Å². The number of ether oxygens (including phenoxy) is 1. The van der Waals surface area contributed by atoms with Crippen molar-refractivity contribution < 1.29 is 9.53 Å². The third-order valence-electron chi connectivity index (χ3n) is 5.89. The van der Waals surface area contributed by atoms with E-state index >= 15 is 0 Å². The number of anilines is 1. The van der Waals surface area contributed by atoms with Gasteiger partial charge in [0.15, 0.2) is 0 Å². The largest absolute Gasteiger partial charge is 0.494 e. The molecule has 1 amide bonds. The Morgan fingerprint density at radius 2 is 1.66 bits per heavy atom. The lowest BCUT2D eigenvalue weighted by molar-refractivity contribution is -0.115. The van der Waals surface area contributed by atoms with Gasteiger partial charge in [-0.1, -0.05) is 74.6 Å². The molecule has 29 heavy (non-hydrogen) atoms. The van der Waals surface area contributed by atoms with Gasteiger partial charge in [0, 0.05) is 5.69 Å². The van der Waals surface area contributed by atoms with Gasteiger partial charge in [-0.2, -0.15) is 0 Å². The SMILES string of the molecule is O=C(Cc1cccc2ccccc12)Nc1ccc(OCCC2CCCCC2)cc1. The van der Waals surface area contributed by atoms with Crippen LogP contribution in [0.5, 0.6) is 5.75 Å². The standard InChI is InChI=1S/C26H29NO2/c28-26(19-22-11-6-10-21-9-4-5-12-25(21)22)27-23-13-15-24(16-14-23)29-18-17-20-7-2-1-3-8-20/h4-6,9-16,20H,1-3,7-8,17-19H2,(H,27,28). The summed E-state index contributed by atoms with van der Waals surface area (Å²) < 4.78 is 5.90. The molecular formula is C26H29NO2. The number of nitrogens with one attached hydrogen (secondary N) is 1. The second-order valence-corrected chi connectivity index (χ2v) is 8.03. The lowest BCUT2D eigenvalue weighted by atomic mass is 9.87. The van der Waals surface area contributed by atoms with E-state index in [1.54, 1.807) is 0 Å². The molecule has 1 fully saturated rings. The Morgan fingerprint density at radius 3 is 2.48 bits per heavy atom. The first kappa shape index (κ1) is 19.5. The minimum atomic E-state index is -0.00711. The molecule has 0 saturated heterocycles. The fourth-order valence-electron chi connectivity index (χ4n) is 4.28. The maximum atomic E-state index is 12.5. The molecule has 0 unspecified atom stereocenters. The highest BCUT2D eigenvalue weighted by atomic mass is 16.5. The first-order chi connectivity index (χ1) is 14.3. The summed E-state index contributed by atoms with van der Waals surface area (Å²) in [6, 6.07) is 22.0. The summed E-state index contributed by atoms with van der Waals surface area (Å²) in [7, 11) is 0. The van der Waals surface area contributed by atoms with Gasteiger partial charge in [-0.25, -0.2) is 0 Å². The molecule has 0 aromatic heterocycles. The van der Waals surface area contributed by atoms with Crippen LogP contribution in [0.25, 0.3) is 10.8 Å². The van der Waals surface area contributed by atoms with Crippen LogP contribution in [0.3, 0.4) is 0 Å². The van der Waals surface area contributed by atoms with Crippen molar-refractivity contribution >= 4 is 22.4 Å². The van der Waals surface area contributed by atoms with Gasteiger partial charge < -0.3 is 10.1 Å². The fourth-order valence-corrected chi connectivity index (χ4v) is 4.28. The van der Waals surface area contributed by atoms with Crippen LogP contribution in [0.1, 0.15) is 44.1 Å². The zero-order chi connectivity index (χ0) is 19.9. The monoisotopic (exact) mass is 387 g/mol. The zero-order valence-electron chi connectivity index (χ0n) is 16.9. The summed E-state index contributed by atoms with van der Waals surface area (Å²) in [5.41, 5.74) is 1.85. The summed E-state index contributed by atoms with van der Waals surface area (Å²) in [5.74, 6) is 1.69. The average Bonchev–Trinajstić information content (AvgIpc) is 2.76. The van der Waals surface area contributed by atoms with E-state index in [-0.39, 0.29) is 5.91 Å². The first-order valence-electron chi connectivity index (χ1n) is 10.8. The van der Waals surface area contributed by atoms with Gasteiger partial charge in [0.05, 0.1) is 13.0 Å². The molecule has 1 aliphatic rings. The van der Waals surface area contributed by atoms with Crippen LogP contribution in [-0.4, -0.2) is 12.5 Å². The van der Waals surface area contributed by atoms with Crippen molar-refractivity contribution in [3.63, 3.8) is 0 Å². The summed E-state index contributed by atoms with van der Waals surface area (Å²) in [4.78, 5) is 12.5. The number of carbonyl (C=O) groups excluding carboxylic acids is 1. The van der Waals surface area contributed by atoms with Crippen LogP contribution in [0.4, 0.5) is 5.69 Å². The molecule has 1 N–H and O–H groups in total. The molecular weight excluding hydrogens is 358 g/mol. The molecule has 3 aromatic rings.